The van der Waals surface area contributed by atoms with E-state index >= 15 is 0 Å². The lowest BCUT2D eigenvalue weighted by molar-refractivity contribution is -0.151. The van der Waals surface area contributed by atoms with E-state index < -0.39 is 34.2 Å². The van der Waals surface area contributed by atoms with Crippen LogP contribution in [0.5, 0.6) is 5.75 Å². The van der Waals surface area contributed by atoms with Gasteiger partial charge in [-0.15, -0.1) is 0 Å². The number of nitrogens with zero attached hydrogens (tertiary/aromatic N) is 1. The Labute approximate surface area is 202 Å². The molecule has 2 saturated heterocycles. The summed E-state index contributed by atoms with van der Waals surface area (Å²) in [6, 6.07) is 9.55. The molecule has 35 heavy (non-hydrogen) atoms. The maximum atomic E-state index is 13.2. The minimum atomic E-state index is -3.91. The minimum absolute atomic E-state index is 0.0200. The van der Waals surface area contributed by atoms with Crippen LogP contribution in [0.1, 0.15) is 24.3 Å². The Hall–Kier alpha value is -2.73. The molecule has 2 aromatic carbocycles. The Morgan fingerprint density at radius 1 is 1.14 bits per heavy atom. The highest BCUT2D eigenvalue weighted by Crippen LogP contribution is 2.47. The Balaban J connectivity index is 1.34. The van der Waals surface area contributed by atoms with Gasteiger partial charge in [-0.05, 0) is 48.9 Å². The number of fused-ring (bicyclic) bond motifs is 3. The predicted molar refractivity (Wildman–Crippen MR) is 123 cm³/mol. The van der Waals surface area contributed by atoms with Crippen molar-refractivity contribution in [3.8, 4) is 5.75 Å². The van der Waals surface area contributed by atoms with Crippen LogP contribution < -0.4 is 9.46 Å². The molecule has 4 atom stereocenters. The maximum absolute atomic E-state index is 13.2. The van der Waals surface area contributed by atoms with E-state index in [1.165, 1.54) is 12.1 Å². The van der Waals surface area contributed by atoms with Crippen LogP contribution in [0.3, 0.4) is 0 Å². The molecule has 0 spiro atoms. The van der Waals surface area contributed by atoms with Gasteiger partial charge in [-0.1, -0.05) is 0 Å². The van der Waals surface area contributed by atoms with Crippen LogP contribution in [-0.4, -0.2) is 75.6 Å². The normalized spacial score (nSPS) is 25.9. The third-order valence-electron chi connectivity index (χ3n) is 6.64. The fraction of sp³-hybridized carbons (Fsp3) is 0.458. The van der Waals surface area contributed by atoms with Crippen molar-refractivity contribution in [3.63, 3.8) is 0 Å². The molecular weight excluding hydrogens is 479 g/mol. The third-order valence-corrected chi connectivity index (χ3v) is 8.04. The second-order valence-corrected chi connectivity index (χ2v) is 10.6. The molecule has 0 bridgehead atoms. The zero-order valence-electron chi connectivity index (χ0n) is 18.9. The smallest absolute Gasteiger partial charge is 0.261 e. The molecule has 0 saturated carbocycles. The Kier molecular flexibility index (Phi) is 6.67. The van der Waals surface area contributed by atoms with E-state index in [9.17, 15) is 22.7 Å². The molecule has 0 radical (unpaired) electrons. The van der Waals surface area contributed by atoms with Crippen LogP contribution in [0.2, 0.25) is 0 Å². The lowest BCUT2D eigenvalue weighted by atomic mass is 9.84. The maximum Gasteiger partial charge on any atom is 0.261 e. The summed E-state index contributed by atoms with van der Waals surface area (Å²) in [4.78, 5) is 14.5. The molecule has 0 aliphatic carbocycles. The monoisotopic (exact) mass is 506 g/mol. The van der Waals surface area contributed by atoms with Crippen LogP contribution in [0.4, 0.5) is 10.1 Å². The quantitative estimate of drug-likeness (QED) is 0.615. The lowest BCUT2D eigenvalue weighted by Gasteiger charge is -2.38. The minimum Gasteiger partial charge on any atom is -0.487 e. The molecule has 3 aliphatic heterocycles. The summed E-state index contributed by atoms with van der Waals surface area (Å²) in [5, 5.41) is 9.94. The van der Waals surface area contributed by atoms with Crippen molar-refractivity contribution in [3.05, 3.63) is 53.8 Å². The van der Waals surface area contributed by atoms with Gasteiger partial charge in [0.25, 0.3) is 10.0 Å². The van der Waals surface area contributed by atoms with Gasteiger partial charge in [-0.3, -0.25) is 9.52 Å². The van der Waals surface area contributed by atoms with Gasteiger partial charge >= 0.3 is 0 Å². The number of sulfonamides is 1. The highest BCUT2D eigenvalue weighted by atomic mass is 32.2. The van der Waals surface area contributed by atoms with Crippen LogP contribution in [0.25, 0.3) is 0 Å². The molecule has 9 nitrogen and oxygen atoms in total. The van der Waals surface area contributed by atoms with Gasteiger partial charge in [-0.25, -0.2) is 12.8 Å². The number of rotatable bonds is 6. The number of anilines is 1. The van der Waals surface area contributed by atoms with E-state index in [1.807, 2.05) is 0 Å². The van der Waals surface area contributed by atoms with Gasteiger partial charge in [0, 0.05) is 30.3 Å². The molecule has 0 aromatic heterocycles. The summed E-state index contributed by atoms with van der Waals surface area (Å²) in [5.74, 6) is -0.127. The van der Waals surface area contributed by atoms with Crippen molar-refractivity contribution < 1.29 is 36.9 Å². The van der Waals surface area contributed by atoms with Crippen molar-refractivity contribution in [1.82, 2.24) is 4.90 Å². The van der Waals surface area contributed by atoms with E-state index in [4.69, 9.17) is 14.2 Å². The standard InChI is InChI=1S/C24H27FN2O7S/c25-15-1-4-18(5-2-15)35(30,31)26-16-3-6-21-19(11-16)20-12-17(33-22(14-28)24(20)34-21)13-23(29)27-7-9-32-10-8-27/h1-6,11,17,20,22,24,26,28H,7-10,12-14H2/t17-,20+,22+,24-/m1/s1. The first-order chi connectivity index (χ1) is 16.8. The largest absolute Gasteiger partial charge is 0.487 e. The third kappa shape index (κ3) is 4.99. The molecule has 188 valence electrons. The molecule has 2 N–H and O–H groups in total. The number of halogens is 1. The van der Waals surface area contributed by atoms with Crippen LogP contribution >= 0.6 is 0 Å². The predicted octanol–water partition coefficient (Wildman–Crippen LogP) is 1.87. The van der Waals surface area contributed by atoms with Gasteiger partial charge < -0.3 is 24.2 Å². The number of nitrogens with one attached hydrogen (secondary N) is 1. The number of hydrogen-bond acceptors (Lipinski definition) is 7. The molecule has 0 unspecified atom stereocenters. The summed E-state index contributed by atoms with van der Waals surface area (Å²) in [7, 11) is -3.91. The van der Waals surface area contributed by atoms with Crippen molar-refractivity contribution in [1.29, 1.82) is 0 Å². The van der Waals surface area contributed by atoms with Crippen molar-refractivity contribution in [2.45, 2.75) is 42.0 Å². The molecule has 2 aromatic rings. The summed E-state index contributed by atoms with van der Waals surface area (Å²) in [5.41, 5.74) is 1.13. The van der Waals surface area contributed by atoms with Gasteiger partial charge in [-0.2, -0.15) is 0 Å². The first kappa shape index (κ1) is 24.0. The van der Waals surface area contributed by atoms with Crippen molar-refractivity contribution in [2.75, 3.05) is 37.6 Å². The Bertz CT molecular complexity index is 1180. The number of morpholine rings is 1. The number of amides is 1. The molecule has 1 amide bonds. The fourth-order valence-electron chi connectivity index (χ4n) is 4.92. The topological polar surface area (TPSA) is 114 Å². The van der Waals surface area contributed by atoms with E-state index in [2.05, 4.69) is 4.72 Å². The fourth-order valence-corrected chi connectivity index (χ4v) is 5.97. The van der Waals surface area contributed by atoms with Gasteiger partial charge in [0.2, 0.25) is 5.91 Å². The van der Waals surface area contributed by atoms with Gasteiger partial charge in [0.1, 0.15) is 23.8 Å². The highest BCUT2D eigenvalue weighted by molar-refractivity contribution is 7.92. The number of aliphatic hydroxyl groups excluding tert-OH is 1. The molecule has 11 heteroatoms. The first-order valence-corrected chi connectivity index (χ1v) is 13.0. The van der Waals surface area contributed by atoms with E-state index in [1.54, 1.807) is 23.1 Å². The molecular formula is C24H27FN2O7S. The van der Waals surface area contributed by atoms with E-state index in [0.29, 0.717) is 44.2 Å². The number of aliphatic hydroxyl groups is 1. The van der Waals surface area contributed by atoms with Crippen molar-refractivity contribution >= 4 is 21.6 Å². The van der Waals surface area contributed by atoms with Gasteiger partial charge in [0.15, 0.2) is 0 Å². The second kappa shape index (κ2) is 9.73. The Morgan fingerprint density at radius 2 is 1.89 bits per heavy atom. The van der Waals surface area contributed by atoms with Gasteiger partial charge in [0.05, 0.1) is 37.2 Å². The van der Waals surface area contributed by atoms with Crippen LogP contribution in [0.15, 0.2) is 47.4 Å². The first-order valence-electron chi connectivity index (χ1n) is 11.5. The molecule has 3 heterocycles. The summed E-state index contributed by atoms with van der Waals surface area (Å²) < 4.78 is 58.6. The second-order valence-electron chi connectivity index (χ2n) is 8.91. The lowest BCUT2D eigenvalue weighted by Crippen LogP contribution is -2.48. The number of hydrogen-bond donors (Lipinski definition) is 2. The van der Waals surface area contributed by atoms with Crippen LogP contribution in [-0.2, 0) is 24.3 Å². The zero-order chi connectivity index (χ0) is 24.6. The Morgan fingerprint density at radius 3 is 2.60 bits per heavy atom. The molecule has 5 rings (SSSR count). The summed E-state index contributed by atoms with van der Waals surface area (Å²) >= 11 is 0. The summed E-state index contributed by atoms with van der Waals surface area (Å²) in [6.45, 7) is 1.86. The number of carbonyl (C=O) groups excluding carboxylic acids is 1. The van der Waals surface area contributed by atoms with Crippen LogP contribution in [0, 0.1) is 5.82 Å². The highest BCUT2D eigenvalue weighted by Gasteiger charge is 2.46. The van der Waals surface area contributed by atoms with E-state index in [0.717, 1.165) is 17.7 Å². The average Bonchev–Trinajstić information content (AvgIpc) is 3.22. The number of carbonyl (C=O) groups is 1. The zero-order valence-corrected chi connectivity index (χ0v) is 19.7. The van der Waals surface area contributed by atoms with Crippen molar-refractivity contribution in [2.24, 2.45) is 0 Å². The average molecular weight is 507 g/mol. The number of ether oxygens (including phenoxy) is 3. The SMILES string of the molecule is O=C(C[C@H]1C[C@H]2c3cc(NS(=O)(=O)c4ccc(F)cc4)ccc3O[C@H]2[C@H](CO)O1)N1CCOCC1. The molecule has 3 aliphatic rings. The summed E-state index contributed by atoms with van der Waals surface area (Å²) in [6.07, 6.45) is -0.765. The number of benzene rings is 2. The van der Waals surface area contributed by atoms with E-state index in [-0.39, 0.29) is 29.7 Å². The molecule has 2 fully saturated rings.